The Hall–Kier alpha value is -4.69. The van der Waals surface area contributed by atoms with Crippen LogP contribution in [0.15, 0.2) is 85.5 Å². The predicted molar refractivity (Wildman–Crippen MR) is 173 cm³/mol. The number of primary amides is 1. The summed E-state index contributed by atoms with van der Waals surface area (Å²) in [6.45, 7) is 12.3. The van der Waals surface area contributed by atoms with Crippen molar-refractivity contribution in [3.8, 4) is 5.75 Å². The van der Waals surface area contributed by atoms with Crippen LogP contribution in [0.5, 0.6) is 5.75 Å². The van der Waals surface area contributed by atoms with Crippen molar-refractivity contribution in [3.63, 3.8) is 0 Å². The number of methoxy groups -OCH3 is 1. The number of aliphatic hydroxyl groups is 1. The van der Waals surface area contributed by atoms with Gasteiger partial charge in [-0.2, -0.15) is 0 Å². The van der Waals surface area contributed by atoms with E-state index in [0.717, 1.165) is 18.4 Å². The van der Waals surface area contributed by atoms with E-state index in [9.17, 15) is 9.59 Å². The SMILES string of the molecule is C=Cc1cccc(C)c1/C=C\C.C=O.CCN(C(=O)[C@H](Cc1ccccc1)NC(N)=O)c1ccc(OC)cc1.CO.[HH].[HH]. The number of carbonyl (C=O) groups is 3. The lowest BCUT2D eigenvalue weighted by molar-refractivity contribution is -0.120. The number of aliphatic hydroxyl groups excluding tert-OH is 1. The second-order valence-electron chi connectivity index (χ2n) is 8.31. The van der Waals surface area contributed by atoms with E-state index >= 15 is 0 Å². The maximum absolute atomic E-state index is 13.0. The number of aryl methyl sites for hydroxylation is 1. The van der Waals surface area contributed by atoms with Crippen LogP contribution in [-0.4, -0.2) is 50.6 Å². The first-order valence-corrected chi connectivity index (χ1v) is 13.0. The molecule has 3 aromatic rings. The number of likely N-dealkylation sites (N-methyl/N-ethyl adjacent to an activating group) is 1. The molecule has 0 aliphatic heterocycles. The van der Waals surface area contributed by atoms with Crippen molar-refractivity contribution in [1.82, 2.24) is 5.32 Å². The number of amides is 3. The third-order valence-corrected chi connectivity index (χ3v) is 5.77. The average molecular weight is 566 g/mol. The first-order valence-electron chi connectivity index (χ1n) is 13.0. The van der Waals surface area contributed by atoms with E-state index in [1.807, 2.05) is 69.2 Å². The van der Waals surface area contributed by atoms with Crippen molar-refractivity contribution in [1.29, 1.82) is 0 Å². The number of allylic oxidation sites excluding steroid dienone is 1. The number of hydrogen-bond acceptors (Lipinski definition) is 5. The van der Waals surface area contributed by atoms with E-state index in [-0.39, 0.29) is 8.76 Å². The molecule has 8 nitrogen and oxygen atoms in total. The maximum Gasteiger partial charge on any atom is 0.312 e. The van der Waals surface area contributed by atoms with E-state index in [4.69, 9.17) is 20.4 Å². The molecule has 1 atom stereocenters. The molecule has 0 bridgehead atoms. The van der Waals surface area contributed by atoms with Crippen LogP contribution in [0.3, 0.4) is 0 Å². The highest BCUT2D eigenvalue weighted by molar-refractivity contribution is 5.99. The predicted octanol–water partition coefficient (Wildman–Crippen LogP) is 5.91. The molecule has 0 saturated carbocycles. The van der Waals surface area contributed by atoms with E-state index in [1.165, 1.54) is 16.7 Å². The van der Waals surface area contributed by atoms with Crippen LogP contribution in [0, 0.1) is 6.92 Å². The molecule has 3 aromatic carbocycles. The molecule has 0 heterocycles. The zero-order chi connectivity index (χ0) is 31.2. The molecule has 0 fully saturated rings. The van der Waals surface area contributed by atoms with Gasteiger partial charge in [0.25, 0.3) is 0 Å². The van der Waals surface area contributed by atoms with Gasteiger partial charge in [-0.15, -0.1) is 0 Å². The minimum atomic E-state index is -0.734. The molecule has 0 radical (unpaired) electrons. The van der Waals surface area contributed by atoms with E-state index in [0.29, 0.717) is 18.7 Å². The van der Waals surface area contributed by atoms with Gasteiger partial charge < -0.3 is 30.6 Å². The highest BCUT2D eigenvalue weighted by Crippen LogP contribution is 2.21. The Labute approximate surface area is 247 Å². The lowest BCUT2D eigenvalue weighted by atomic mass is 10.0. The molecule has 8 heteroatoms. The maximum atomic E-state index is 13.0. The third kappa shape index (κ3) is 12.4. The Bertz CT molecular complexity index is 1220. The van der Waals surface area contributed by atoms with Crippen LogP contribution in [0.4, 0.5) is 10.5 Å². The molecule has 0 aromatic heterocycles. The van der Waals surface area contributed by atoms with E-state index < -0.39 is 12.1 Å². The summed E-state index contributed by atoms with van der Waals surface area (Å²) in [5, 5.41) is 9.56. The summed E-state index contributed by atoms with van der Waals surface area (Å²) in [6.07, 6.45) is 6.43. The highest BCUT2D eigenvalue weighted by Gasteiger charge is 2.26. The monoisotopic (exact) mass is 565 g/mol. The number of benzene rings is 3. The minimum Gasteiger partial charge on any atom is -0.497 e. The molecule has 0 saturated heterocycles. The van der Waals surface area contributed by atoms with E-state index in [2.05, 4.69) is 49.2 Å². The summed E-state index contributed by atoms with van der Waals surface area (Å²) in [6, 6.07) is 21.5. The van der Waals surface area contributed by atoms with Gasteiger partial charge in [-0.1, -0.05) is 73.3 Å². The summed E-state index contributed by atoms with van der Waals surface area (Å²) in [7, 11) is 2.59. The van der Waals surface area contributed by atoms with Crippen LogP contribution in [-0.2, 0) is 16.0 Å². The molecular weight excluding hydrogens is 518 g/mol. The second kappa shape index (κ2) is 21.2. The Kier molecular flexibility index (Phi) is 18.7. The van der Waals surface area contributed by atoms with Crippen molar-refractivity contribution in [3.05, 3.63) is 108 Å². The molecule has 4 N–H and O–H groups in total. The van der Waals surface area contributed by atoms with Gasteiger partial charge in [-0.3, -0.25) is 4.79 Å². The fourth-order valence-electron chi connectivity index (χ4n) is 3.91. The third-order valence-electron chi connectivity index (χ3n) is 5.77. The molecule has 0 aliphatic rings. The smallest absolute Gasteiger partial charge is 0.312 e. The number of carbonyl (C=O) groups excluding carboxylic acids is 3. The van der Waals surface area contributed by atoms with Gasteiger partial charge in [0.2, 0.25) is 5.91 Å². The number of ether oxygens (including phenoxy) is 1. The van der Waals surface area contributed by atoms with Crippen LogP contribution in [0.1, 0.15) is 39.0 Å². The lowest BCUT2D eigenvalue weighted by Crippen LogP contribution is -2.51. The van der Waals surface area contributed by atoms with Gasteiger partial charge in [0.05, 0.1) is 7.11 Å². The van der Waals surface area contributed by atoms with Crippen molar-refractivity contribution in [2.45, 2.75) is 33.2 Å². The molecule has 224 valence electrons. The standard InChI is InChI=1S/C19H23N3O3.C12H14.CH4O.CH2O.2H2/c1-3-22(15-9-11-16(25-2)12-10-15)18(23)17(21-19(20)24)13-14-7-5-4-6-8-14;1-4-7-12-10(3)8-6-9-11(12)5-2;2*1-2;;/h4-12,17H,3,13H2,1-2H3,(H3,20,21,24);4-9H,2H2,1,3H3;2H,1H3;1H2;2*1H/b;7-4-;;;;/t17-;;;;;/m0...../s1. The molecule has 3 amide bonds. The Morgan fingerprint density at radius 2 is 1.66 bits per heavy atom. The summed E-state index contributed by atoms with van der Waals surface area (Å²) in [5.41, 5.74) is 10.7. The zero-order valence-electron chi connectivity index (χ0n) is 24.7. The van der Waals surface area contributed by atoms with Gasteiger partial charge in [-0.05, 0) is 67.3 Å². The van der Waals surface area contributed by atoms with Crippen molar-refractivity contribution in [2.24, 2.45) is 5.73 Å². The van der Waals surface area contributed by atoms with Crippen molar-refractivity contribution < 1.29 is 27.1 Å². The first-order chi connectivity index (χ1) is 19.8. The average Bonchev–Trinajstić information content (AvgIpc) is 3.01. The number of rotatable bonds is 9. The number of nitrogens with one attached hydrogen (secondary N) is 1. The number of anilines is 1. The second-order valence-corrected chi connectivity index (χ2v) is 8.31. The van der Waals surface area contributed by atoms with Gasteiger partial charge in [0.15, 0.2) is 0 Å². The summed E-state index contributed by atoms with van der Waals surface area (Å²) in [4.78, 5) is 34.0. The fourth-order valence-corrected chi connectivity index (χ4v) is 3.91. The Balaban J connectivity index is -0.000000752. The fraction of sp³-hybridized carbons (Fsp3) is 0.242. The Morgan fingerprint density at radius 1 is 1.05 bits per heavy atom. The molecule has 0 unspecified atom stereocenters. The van der Waals surface area contributed by atoms with Crippen molar-refractivity contribution in [2.75, 3.05) is 25.7 Å². The number of hydrogen-bond donors (Lipinski definition) is 3. The molecule has 41 heavy (non-hydrogen) atoms. The molecule has 3 rings (SSSR count). The summed E-state index contributed by atoms with van der Waals surface area (Å²) in [5.74, 6) is 0.499. The topological polar surface area (TPSA) is 122 Å². The van der Waals surface area contributed by atoms with Crippen molar-refractivity contribution >= 4 is 36.6 Å². The normalized spacial score (nSPS) is 10.3. The van der Waals surface area contributed by atoms with Crippen LogP contribution in [0.2, 0.25) is 0 Å². The largest absolute Gasteiger partial charge is 0.497 e. The van der Waals surface area contributed by atoms with Gasteiger partial charge in [0.1, 0.15) is 18.6 Å². The quantitative estimate of drug-likeness (QED) is 0.298. The first kappa shape index (κ1) is 36.3. The summed E-state index contributed by atoms with van der Waals surface area (Å²) < 4.78 is 5.15. The Morgan fingerprint density at radius 3 is 2.15 bits per heavy atom. The van der Waals surface area contributed by atoms with Crippen LogP contribution < -0.4 is 20.7 Å². The number of urea groups is 1. The molecular formula is C33H47N3O5. The van der Waals surface area contributed by atoms with Crippen LogP contribution >= 0.6 is 0 Å². The summed E-state index contributed by atoms with van der Waals surface area (Å²) >= 11 is 0. The molecule has 0 spiro atoms. The number of nitrogens with two attached hydrogens (primary N) is 1. The van der Waals surface area contributed by atoms with Gasteiger partial charge in [0, 0.05) is 28.6 Å². The minimum absolute atomic E-state index is 0. The zero-order valence-corrected chi connectivity index (χ0v) is 24.7. The highest BCUT2D eigenvalue weighted by atomic mass is 16.5. The van der Waals surface area contributed by atoms with Gasteiger partial charge >= 0.3 is 6.03 Å². The van der Waals surface area contributed by atoms with E-state index in [1.54, 1.807) is 24.1 Å². The lowest BCUT2D eigenvalue weighted by Gasteiger charge is -2.27. The molecule has 0 aliphatic carbocycles. The number of nitrogens with zero attached hydrogens (tertiary/aromatic N) is 1. The van der Waals surface area contributed by atoms with Crippen LogP contribution in [0.25, 0.3) is 12.2 Å². The van der Waals surface area contributed by atoms with Gasteiger partial charge in [-0.25, -0.2) is 4.79 Å².